The van der Waals surface area contributed by atoms with E-state index in [1.807, 2.05) is 13.0 Å². The van der Waals surface area contributed by atoms with E-state index in [9.17, 15) is 9.18 Å². The molecule has 0 saturated heterocycles. The summed E-state index contributed by atoms with van der Waals surface area (Å²) < 4.78 is 13.3. The predicted molar refractivity (Wildman–Crippen MR) is 64.4 cm³/mol. The summed E-state index contributed by atoms with van der Waals surface area (Å²) in [5, 5.41) is 0. The number of nitrogens with one attached hydrogen (secondary N) is 1. The molecule has 0 amide bonds. The van der Waals surface area contributed by atoms with Crippen molar-refractivity contribution in [2.24, 2.45) is 0 Å². The van der Waals surface area contributed by atoms with Crippen molar-refractivity contribution < 1.29 is 4.39 Å². The fraction of sp³-hybridized carbons (Fsp3) is 0.231. The Labute approximate surface area is 98.3 Å². The van der Waals surface area contributed by atoms with Crippen LogP contribution in [0.25, 0.3) is 11.3 Å². The highest BCUT2D eigenvalue weighted by molar-refractivity contribution is 5.59. The number of hydrogen-bond donors (Lipinski definition) is 1. The van der Waals surface area contributed by atoms with Gasteiger partial charge in [0.2, 0.25) is 0 Å². The molecule has 0 bridgehead atoms. The van der Waals surface area contributed by atoms with Crippen molar-refractivity contribution >= 4 is 0 Å². The molecule has 0 radical (unpaired) electrons. The van der Waals surface area contributed by atoms with Gasteiger partial charge in [0.25, 0.3) is 5.56 Å². The Morgan fingerprint density at radius 1 is 1.29 bits per heavy atom. The van der Waals surface area contributed by atoms with Gasteiger partial charge < -0.3 is 4.98 Å². The Morgan fingerprint density at radius 3 is 2.71 bits per heavy atom. The van der Waals surface area contributed by atoms with Gasteiger partial charge in [-0.3, -0.25) is 4.79 Å². The Hall–Kier alpha value is -1.97. The van der Waals surface area contributed by atoms with Gasteiger partial charge in [-0.05, 0) is 30.7 Å². The Balaban J connectivity index is 2.59. The van der Waals surface area contributed by atoms with Crippen molar-refractivity contribution in [1.29, 1.82) is 0 Å². The van der Waals surface area contributed by atoms with E-state index in [1.54, 1.807) is 6.92 Å². The molecule has 0 aliphatic rings. The van der Waals surface area contributed by atoms with Gasteiger partial charge in [0.05, 0.1) is 5.69 Å². The lowest BCUT2D eigenvalue weighted by atomic mass is 10.1. The minimum absolute atomic E-state index is 0.214. The topological polar surface area (TPSA) is 45.8 Å². The first kappa shape index (κ1) is 11.5. The highest BCUT2D eigenvalue weighted by Gasteiger charge is 2.05. The van der Waals surface area contributed by atoms with Crippen molar-refractivity contribution in [3.8, 4) is 11.3 Å². The lowest BCUT2D eigenvalue weighted by Crippen LogP contribution is -2.10. The van der Waals surface area contributed by atoms with Crippen LogP contribution in [-0.4, -0.2) is 9.97 Å². The summed E-state index contributed by atoms with van der Waals surface area (Å²) in [6, 6.07) is 6.02. The second kappa shape index (κ2) is 4.49. The molecule has 0 atom stereocenters. The molecule has 88 valence electrons. The average Bonchev–Trinajstić information content (AvgIpc) is 2.26. The molecule has 2 aromatic rings. The van der Waals surface area contributed by atoms with Crippen molar-refractivity contribution in [3.05, 3.63) is 51.8 Å². The molecule has 0 fully saturated rings. The quantitative estimate of drug-likeness (QED) is 0.864. The molecule has 3 nitrogen and oxygen atoms in total. The first-order valence-electron chi connectivity index (χ1n) is 5.46. The maximum Gasteiger partial charge on any atom is 0.251 e. The maximum atomic E-state index is 13.3. The summed E-state index contributed by atoms with van der Waals surface area (Å²) in [6.07, 6.45) is 0.636. The molecule has 1 heterocycles. The van der Waals surface area contributed by atoms with Gasteiger partial charge >= 0.3 is 0 Å². The summed E-state index contributed by atoms with van der Waals surface area (Å²) in [7, 11) is 0. The molecule has 2 rings (SSSR count). The van der Waals surface area contributed by atoms with Crippen molar-refractivity contribution in [2.75, 3.05) is 0 Å². The number of halogens is 1. The molecule has 17 heavy (non-hydrogen) atoms. The van der Waals surface area contributed by atoms with Crippen LogP contribution in [0.5, 0.6) is 0 Å². The molecule has 0 aliphatic carbocycles. The molecule has 1 aromatic heterocycles. The summed E-state index contributed by atoms with van der Waals surface area (Å²) in [4.78, 5) is 18.3. The monoisotopic (exact) mass is 232 g/mol. The van der Waals surface area contributed by atoms with Crippen LogP contribution >= 0.6 is 0 Å². The number of H-pyrrole nitrogens is 1. The molecule has 0 unspecified atom stereocenters. The van der Waals surface area contributed by atoms with E-state index in [0.717, 1.165) is 5.56 Å². The van der Waals surface area contributed by atoms with E-state index < -0.39 is 0 Å². The highest BCUT2D eigenvalue weighted by atomic mass is 19.1. The number of benzene rings is 1. The molecule has 1 N–H and O–H groups in total. The van der Waals surface area contributed by atoms with Gasteiger partial charge in [0.15, 0.2) is 0 Å². The SMILES string of the molecule is CCc1nc(-c2cc(C)cc(F)c2)cc(=O)[nH]1. The minimum Gasteiger partial charge on any atom is -0.311 e. The third kappa shape index (κ3) is 2.58. The molecule has 1 aromatic carbocycles. The van der Waals surface area contributed by atoms with Crippen LogP contribution in [0.4, 0.5) is 4.39 Å². The van der Waals surface area contributed by atoms with Gasteiger partial charge in [0, 0.05) is 18.1 Å². The predicted octanol–water partition coefficient (Wildman–Crippen LogP) is 2.45. The number of rotatable bonds is 2. The van der Waals surface area contributed by atoms with Gasteiger partial charge in [-0.2, -0.15) is 0 Å². The molecular formula is C13H13FN2O. The summed E-state index contributed by atoms with van der Waals surface area (Å²) >= 11 is 0. The van der Waals surface area contributed by atoms with Crippen molar-refractivity contribution in [1.82, 2.24) is 9.97 Å². The molecule has 4 heteroatoms. The third-order valence-corrected chi connectivity index (χ3v) is 2.46. The van der Waals surface area contributed by atoms with Crippen LogP contribution in [0, 0.1) is 12.7 Å². The van der Waals surface area contributed by atoms with Gasteiger partial charge in [0.1, 0.15) is 11.6 Å². The summed E-state index contributed by atoms with van der Waals surface area (Å²) in [5.41, 5.74) is 1.73. The molecule has 0 aliphatic heterocycles. The number of aromatic amines is 1. The number of nitrogens with zero attached hydrogens (tertiary/aromatic N) is 1. The average molecular weight is 232 g/mol. The number of aromatic nitrogens is 2. The summed E-state index contributed by atoms with van der Waals surface area (Å²) in [5.74, 6) is 0.287. The van der Waals surface area contributed by atoms with E-state index in [-0.39, 0.29) is 11.4 Å². The normalized spacial score (nSPS) is 10.5. The van der Waals surface area contributed by atoms with Crippen LogP contribution in [0.3, 0.4) is 0 Å². The van der Waals surface area contributed by atoms with E-state index >= 15 is 0 Å². The van der Waals surface area contributed by atoms with Crippen molar-refractivity contribution in [2.45, 2.75) is 20.3 Å². The molecule has 0 spiro atoms. The van der Waals surface area contributed by atoms with Gasteiger partial charge in [-0.25, -0.2) is 9.37 Å². The van der Waals surface area contributed by atoms with Crippen LogP contribution < -0.4 is 5.56 Å². The van der Waals surface area contributed by atoms with Crippen molar-refractivity contribution in [3.63, 3.8) is 0 Å². The first-order chi connectivity index (χ1) is 8.08. The van der Waals surface area contributed by atoms with Crippen LogP contribution in [0.1, 0.15) is 18.3 Å². The first-order valence-corrected chi connectivity index (χ1v) is 5.46. The summed E-state index contributed by atoms with van der Waals surface area (Å²) in [6.45, 7) is 3.71. The minimum atomic E-state index is -0.319. The lowest BCUT2D eigenvalue weighted by molar-refractivity contribution is 0.627. The molecular weight excluding hydrogens is 219 g/mol. The third-order valence-electron chi connectivity index (χ3n) is 2.46. The van der Waals surface area contributed by atoms with E-state index in [1.165, 1.54) is 18.2 Å². The fourth-order valence-electron chi connectivity index (χ4n) is 1.71. The Kier molecular flexibility index (Phi) is 3.04. The standard InChI is InChI=1S/C13H13FN2O/c1-3-12-15-11(7-13(17)16-12)9-4-8(2)5-10(14)6-9/h4-7H,3H2,1-2H3,(H,15,16,17). The zero-order chi connectivity index (χ0) is 12.4. The van der Waals surface area contributed by atoms with Crippen LogP contribution in [0.2, 0.25) is 0 Å². The zero-order valence-corrected chi connectivity index (χ0v) is 9.75. The Morgan fingerprint density at radius 2 is 2.06 bits per heavy atom. The Bertz CT molecular complexity index is 584. The lowest BCUT2D eigenvalue weighted by Gasteiger charge is -2.04. The van der Waals surface area contributed by atoms with Crippen LogP contribution in [-0.2, 0) is 6.42 Å². The zero-order valence-electron chi connectivity index (χ0n) is 9.75. The van der Waals surface area contributed by atoms with E-state index in [4.69, 9.17) is 0 Å². The fourth-order valence-corrected chi connectivity index (χ4v) is 1.71. The van der Waals surface area contributed by atoms with Crippen LogP contribution in [0.15, 0.2) is 29.1 Å². The maximum absolute atomic E-state index is 13.3. The number of aryl methyl sites for hydroxylation is 2. The van der Waals surface area contributed by atoms with Gasteiger partial charge in [-0.1, -0.05) is 6.92 Å². The smallest absolute Gasteiger partial charge is 0.251 e. The van der Waals surface area contributed by atoms with E-state index in [2.05, 4.69) is 9.97 Å². The second-order valence-electron chi connectivity index (χ2n) is 3.95. The van der Waals surface area contributed by atoms with Gasteiger partial charge in [-0.15, -0.1) is 0 Å². The van der Waals surface area contributed by atoms with E-state index in [0.29, 0.717) is 23.5 Å². The highest BCUT2D eigenvalue weighted by Crippen LogP contribution is 2.18. The molecule has 0 saturated carbocycles. The number of hydrogen-bond acceptors (Lipinski definition) is 2. The largest absolute Gasteiger partial charge is 0.311 e. The second-order valence-corrected chi connectivity index (χ2v) is 3.95.